The standard InChI is InChI=1S/C18H18BrN3O2S2/c1-11(2)9-22-17(24)16-14(7-8-25-16)21-18(22)26-10-15(23)20-13-5-3-12(19)4-6-13/h3-8,11H,9-10H2,1-2H3,(H,20,23). The van der Waals surface area contributed by atoms with Gasteiger partial charge in [-0.1, -0.05) is 41.5 Å². The number of thiophene rings is 1. The van der Waals surface area contributed by atoms with Crippen molar-refractivity contribution < 1.29 is 4.79 Å². The van der Waals surface area contributed by atoms with Gasteiger partial charge in [-0.25, -0.2) is 4.98 Å². The van der Waals surface area contributed by atoms with Gasteiger partial charge < -0.3 is 5.32 Å². The van der Waals surface area contributed by atoms with Crippen molar-refractivity contribution in [1.82, 2.24) is 9.55 Å². The number of hydrogen-bond acceptors (Lipinski definition) is 5. The minimum absolute atomic E-state index is 0.0329. The number of carbonyl (C=O) groups is 1. The van der Waals surface area contributed by atoms with Crippen LogP contribution in [0.5, 0.6) is 0 Å². The smallest absolute Gasteiger partial charge is 0.272 e. The molecule has 0 saturated heterocycles. The second-order valence-electron chi connectivity index (χ2n) is 6.18. The molecule has 2 aromatic heterocycles. The molecule has 3 aromatic rings. The second kappa shape index (κ2) is 8.37. The molecular formula is C18H18BrN3O2S2. The molecule has 26 heavy (non-hydrogen) atoms. The number of rotatable bonds is 6. The van der Waals surface area contributed by atoms with E-state index in [2.05, 4.69) is 40.1 Å². The molecule has 0 bridgehead atoms. The van der Waals surface area contributed by atoms with Crippen molar-refractivity contribution in [2.75, 3.05) is 11.1 Å². The molecule has 5 nitrogen and oxygen atoms in total. The Labute approximate surface area is 168 Å². The molecule has 136 valence electrons. The van der Waals surface area contributed by atoms with Crippen LogP contribution in [-0.4, -0.2) is 21.2 Å². The number of anilines is 1. The minimum atomic E-state index is -0.131. The summed E-state index contributed by atoms with van der Waals surface area (Å²) in [6.45, 7) is 4.69. The zero-order valence-electron chi connectivity index (χ0n) is 14.4. The van der Waals surface area contributed by atoms with Gasteiger partial charge in [0.1, 0.15) is 4.70 Å². The molecule has 0 unspecified atom stereocenters. The predicted octanol–water partition coefficient (Wildman–Crippen LogP) is 4.61. The van der Waals surface area contributed by atoms with Gasteiger partial charge in [0.2, 0.25) is 5.91 Å². The van der Waals surface area contributed by atoms with Crippen LogP contribution in [0.1, 0.15) is 13.8 Å². The van der Waals surface area contributed by atoms with Crippen LogP contribution in [0.15, 0.2) is 50.1 Å². The molecule has 0 radical (unpaired) electrons. The first-order chi connectivity index (χ1) is 12.4. The normalized spacial score (nSPS) is 11.2. The van der Waals surface area contributed by atoms with E-state index in [0.29, 0.717) is 27.8 Å². The summed E-state index contributed by atoms with van der Waals surface area (Å²) in [7, 11) is 0. The SMILES string of the molecule is CC(C)Cn1c(SCC(=O)Nc2ccc(Br)cc2)nc2ccsc2c1=O. The summed E-state index contributed by atoms with van der Waals surface area (Å²) in [6, 6.07) is 9.24. The number of carbonyl (C=O) groups excluding carboxylic acids is 1. The number of hydrogen-bond donors (Lipinski definition) is 1. The Hall–Kier alpha value is -1.64. The predicted molar refractivity (Wildman–Crippen MR) is 112 cm³/mol. The van der Waals surface area contributed by atoms with Crippen LogP contribution in [0.4, 0.5) is 5.69 Å². The molecule has 0 saturated carbocycles. The minimum Gasteiger partial charge on any atom is -0.325 e. The third-order valence-corrected chi connectivity index (χ3v) is 5.94. The van der Waals surface area contributed by atoms with E-state index in [9.17, 15) is 9.59 Å². The Kier molecular flexibility index (Phi) is 6.16. The zero-order valence-corrected chi connectivity index (χ0v) is 17.6. The second-order valence-corrected chi connectivity index (χ2v) is 8.96. The summed E-state index contributed by atoms with van der Waals surface area (Å²) in [5.41, 5.74) is 1.39. The Morgan fingerprint density at radius 2 is 2.04 bits per heavy atom. The molecular weight excluding hydrogens is 434 g/mol. The molecule has 0 aliphatic rings. The number of nitrogens with one attached hydrogen (secondary N) is 1. The van der Waals surface area contributed by atoms with Crippen LogP contribution in [0.2, 0.25) is 0 Å². The van der Waals surface area contributed by atoms with Crippen LogP contribution in [0.3, 0.4) is 0 Å². The number of nitrogens with zero attached hydrogens (tertiary/aromatic N) is 2. The first-order valence-corrected chi connectivity index (χ1v) is 10.8. The van der Waals surface area contributed by atoms with Crippen molar-refractivity contribution in [1.29, 1.82) is 0 Å². The van der Waals surface area contributed by atoms with Crippen LogP contribution in [0.25, 0.3) is 10.2 Å². The number of halogens is 1. The number of aromatic nitrogens is 2. The van der Waals surface area contributed by atoms with Gasteiger partial charge in [0.05, 0.1) is 11.3 Å². The number of benzene rings is 1. The van der Waals surface area contributed by atoms with Gasteiger partial charge in [0.15, 0.2) is 5.16 Å². The Balaban J connectivity index is 1.77. The van der Waals surface area contributed by atoms with E-state index in [-0.39, 0.29) is 17.2 Å². The van der Waals surface area contributed by atoms with Crippen LogP contribution in [0, 0.1) is 5.92 Å². The number of amides is 1. The van der Waals surface area contributed by atoms with Crippen LogP contribution < -0.4 is 10.9 Å². The molecule has 2 heterocycles. The number of thioether (sulfide) groups is 1. The van der Waals surface area contributed by atoms with E-state index in [1.807, 2.05) is 35.7 Å². The fraction of sp³-hybridized carbons (Fsp3) is 0.278. The molecule has 0 aliphatic heterocycles. The fourth-order valence-corrected chi connectivity index (χ4v) is 4.27. The summed E-state index contributed by atoms with van der Waals surface area (Å²) in [4.78, 5) is 29.6. The van der Waals surface area contributed by atoms with Crippen LogP contribution >= 0.6 is 39.0 Å². The largest absolute Gasteiger partial charge is 0.325 e. The summed E-state index contributed by atoms with van der Waals surface area (Å²) in [5.74, 6) is 0.368. The van der Waals surface area contributed by atoms with Gasteiger partial charge in [-0.15, -0.1) is 11.3 Å². The average molecular weight is 452 g/mol. The summed E-state index contributed by atoms with van der Waals surface area (Å²) in [5, 5.41) is 5.31. The van der Waals surface area contributed by atoms with Gasteiger partial charge in [0.25, 0.3) is 5.56 Å². The van der Waals surface area contributed by atoms with E-state index in [1.165, 1.54) is 23.1 Å². The molecule has 8 heteroatoms. The maximum atomic E-state index is 12.7. The Morgan fingerprint density at radius 3 is 2.73 bits per heavy atom. The van der Waals surface area contributed by atoms with Crippen molar-refractivity contribution in [2.45, 2.75) is 25.5 Å². The highest BCUT2D eigenvalue weighted by Crippen LogP contribution is 2.22. The van der Waals surface area contributed by atoms with Crippen molar-refractivity contribution in [3.63, 3.8) is 0 Å². The quantitative estimate of drug-likeness (QED) is 0.438. The fourth-order valence-electron chi connectivity index (χ4n) is 2.42. The first kappa shape index (κ1) is 19.1. The monoisotopic (exact) mass is 451 g/mol. The lowest BCUT2D eigenvalue weighted by Gasteiger charge is -2.13. The molecule has 3 rings (SSSR count). The third-order valence-electron chi connectivity index (χ3n) is 3.54. The first-order valence-electron chi connectivity index (χ1n) is 8.10. The summed E-state index contributed by atoms with van der Waals surface area (Å²) < 4.78 is 3.30. The highest BCUT2D eigenvalue weighted by Gasteiger charge is 2.15. The van der Waals surface area contributed by atoms with E-state index in [1.54, 1.807) is 4.57 Å². The maximum Gasteiger partial charge on any atom is 0.272 e. The zero-order chi connectivity index (χ0) is 18.7. The topological polar surface area (TPSA) is 64.0 Å². The Bertz CT molecular complexity index is 980. The van der Waals surface area contributed by atoms with Crippen molar-refractivity contribution in [3.8, 4) is 0 Å². The Morgan fingerprint density at radius 1 is 1.31 bits per heavy atom. The van der Waals surface area contributed by atoms with E-state index in [4.69, 9.17) is 0 Å². The van der Waals surface area contributed by atoms with E-state index >= 15 is 0 Å². The van der Waals surface area contributed by atoms with Gasteiger partial charge >= 0.3 is 0 Å². The molecule has 1 N–H and O–H groups in total. The van der Waals surface area contributed by atoms with Crippen molar-refractivity contribution in [2.24, 2.45) is 5.92 Å². The molecule has 0 spiro atoms. The molecule has 0 fully saturated rings. The highest BCUT2D eigenvalue weighted by atomic mass is 79.9. The lowest BCUT2D eigenvalue weighted by atomic mass is 10.2. The molecule has 0 atom stereocenters. The van der Waals surface area contributed by atoms with Gasteiger partial charge in [0, 0.05) is 16.7 Å². The van der Waals surface area contributed by atoms with Crippen LogP contribution in [-0.2, 0) is 11.3 Å². The van der Waals surface area contributed by atoms with Crippen molar-refractivity contribution >= 4 is 60.8 Å². The highest BCUT2D eigenvalue weighted by molar-refractivity contribution is 9.10. The average Bonchev–Trinajstić information content (AvgIpc) is 3.06. The molecule has 1 amide bonds. The number of fused-ring (bicyclic) bond motifs is 1. The lowest BCUT2D eigenvalue weighted by Crippen LogP contribution is -2.25. The van der Waals surface area contributed by atoms with E-state index < -0.39 is 0 Å². The van der Waals surface area contributed by atoms with Gasteiger partial charge in [-0.3, -0.25) is 14.2 Å². The summed E-state index contributed by atoms with van der Waals surface area (Å²) in [6.07, 6.45) is 0. The maximum absolute atomic E-state index is 12.7. The van der Waals surface area contributed by atoms with Gasteiger partial charge in [-0.05, 0) is 41.6 Å². The third kappa shape index (κ3) is 4.55. The lowest BCUT2D eigenvalue weighted by molar-refractivity contribution is -0.113. The molecule has 0 aliphatic carbocycles. The summed E-state index contributed by atoms with van der Waals surface area (Å²) >= 11 is 6.06. The van der Waals surface area contributed by atoms with Gasteiger partial charge in [-0.2, -0.15) is 0 Å². The van der Waals surface area contributed by atoms with Crippen molar-refractivity contribution in [3.05, 3.63) is 50.5 Å². The van der Waals surface area contributed by atoms with E-state index in [0.717, 1.165) is 10.2 Å². The molecule has 1 aromatic carbocycles.